The third-order valence-corrected chi connectivity index (χ3v) is 3.30. The van der Waals surface area contributed by atoms with E-state index in [-0.39, 0.29) is 11.4 Å². The molecule has 0 bridgehead atoms. The second kappa shape index (κ2) is 4.16. The molecule has 2 nitrogen and oxygen atoms in total. The first-order valence-corrected chi connectivity index (χ1v) is 4.88. The zero-order valence-corrected chi connectivity index (χ0v) is 8.90. The van der Waals surface area contributed by atoms with Crippen LogP contribution in [0.4, 0.5) is 0 Å². The summed E-state index contributed by atoms with van der Waals surface area (Å²) in [4.78, 5) is 10.8. The van der Waals surface area contributed by atoms with Gasteiger partial charge in [0.1, 0.15) is 0 Å². The number of rotatable bonds is 3. The van der Waals surface area contributed by atoms with Crippen LogP contribution in [-0.2, 0) is 4.79 Å². The Balaban J connectivity index is 3.87. The molecule has 0 rings (SSSR count). The van der Waals surface area contributed by atoms with E-state index >= 15 is 0 Å². The van der Waals surface area contributed by atoms with Crippen LogP contribution < -0.4 is 5.32 Å². The molecule has 0 aliphatic heterocycles. The van der Waals surface area contributed by atoms with Gasteiger partial charge in [-0.3, -0.25) is 0 Å². The first-order chi connectivity index (χ1) is 4.52. The van der Waals surface area contributed by atoms with Crippen molar-refractivity contribution in [1.29, 1.82) is 0 Å². The van der Waals surface area contributed by atoms with Crippen LogP contribution in [0.15, 0.2) is 12.7 Å². The van der Waals surface area contributed by atoms with Crippen molar-refractivity contribution in [2.75, 3.05) is 0 Å². The van der Waals surface area contributed by atoms with Gasteiger partial charge >= 0.3 is 79.7 Å². The maximum absolute atomic E-state index is 10.8. The van der Waals surface area contributed by atoms with E-state index in [0.29, 0.717) is 0 Å². The number of amides is 1. The van der Waals surface area contributed by atoms with Gasteiger partial charge in [-0.25, -0.2) is 0 Å². The quantitative estimate of drug-likeness (QED) is 0.463. The topological polar surface area (TPSA) is 29.1 Å². The standard InChI is InChI=1S/C7H12NO.Na/c1-5-6(9)8-7(2,3)4;/h5H,1-2H2,3-4H3,(H,8,9);. The van der Waals surface area contributed by atoms with Gasteiger partial charge in [0, 0.05) is 0 Å². The number of hydrogen-bond acceptors (Lipinski definition) is 1. The Morgan fingerprint density at radius 1 is 1.80 bits per heavy atom. The zero-order valence-electron chi connectivity index (χ0n) is 6.90. The van der Waals surface area contributed by atoms with E-state index in [1.165, 1.54) is 6.08 Å². The van der Waals surface area contributed by atoms with Gasteiger partial charge in [0.2, 0.25) is 0 Å². The number of hydrogen-bond donors (Lipinski definition) is 1. The SMILES string of the molecule is C=CC(=O)NC(C)(C)[CH2][Na]. The molecule has 0 aliphatic rings. The summed E-state index contributed by atoms with van der Waals surface area (Å²) in [5.74, 6) is -0.0825. The molecule has 0 saturated heterocycles. The van der Waals surface area contributed by atoms with Gasteiger partial charge < -0.3 is 0 Å². The van der Waals surface area contributed by atoms with Crippen LogP contribution in [0.1, 0.15) is 13.8 Å². The van der Waals surface area contributed by atoms with Crippen molar-refractivity contribution in [1.82, 2.24) is 5.32 Å². The van der Waals surface area contributed by atoms with E-state index in [1.54, 1.807) is 0 Å². The Bertz CT molecular complexity index is 143. The van der Waals surface area contributed by atoms with E-state index in [9.17, 15) is 4.79 Å². The Hall–Kier alpha value is 0.210. The Labute approximate surface area is 79.5 Å². The number of carbonyl (C=O) groups is 1. The molecule has 10 heavy (non-hydrogen) atoms. The Morgan fingerprint density at radius 3 is 2.60 bits per heavy atom. The van der Waals surface area contributed by atoms with Crippen molar-refractivity contribution < 1.29 is 4.79 Å². The molecule has 0 atom stereocenters. The van der Waals surface area contributed by atoms with Gasteiger partial charge in [-0.05, 0) is 0 Å². The minimum atomic E-state index is -0.0825. The average molecular weight is 149 g/mol. The predicted octanol–water partition coefficient (Wildman–Crippen LogP) is 0.654. The van der Waals surface area contributed by atoms with E-state index in [2.05, 4.69) is 11.9 Å². The molecular formula is C7H12NNaO. The van der Waals surface area contributed by atoms with Crippen LogP contribution in [0.5, 0.6) is 0 Å². The fourth-order valence-electron chi connectivity index (χ4n) is 0.473. The monoisotopic (exact) mass is 149 g/mol. The molecule has 1 amide bonds. The molecule has 0 aromatic carbocycles. The summed E-state index contributed by atoms with van der Waals surface area (Å²) in [6.07, 6.45) is 1.30. The molecule has 0 spiro atoms. The maximum atomic E-state index is 10.8. The van der Waals surface area contributed by atoms with Crippen molar-refractivity contribution in [3.8, 4) is 0 Å². The molecule has 0 unspecified atom stereocenters. The zero-order chi connectivity index (χ0) is 8.20. The predicted molar refractivity (Wildman–Crippen MR) is 43.0 cm³/mol. The second-order valence-corrected chi connectivity index (χ2v) is 3.64. The molecule has 0 aromatic heterocycles. The van der Waals surface area contributed by atoms with Crippen LogP contribution in [0.25, 0.3) is 0 Å². The first-order valence-electron chi connectivity index (χ1n) is 3.46. The normalized spacial score (nSPS) is 10.8. The van der Waals surface area contributed by atoms with Crippen molar-refractivity contribution in [3.05, 3.63) is 12.7 Å². The first kappa shape index (κ1) is 10.2. The van der Waals surface area contributed by atoms with Crippen LogP contribution in [0.3, 0.4) is 0 Å². The molecule has 0 heterocycles. The van der Waals surface area contributed by atoms with Gasteiger partial charge in [-0.1, -0.05) is 0 Å². The summed E-state index contributed by atoms with van der Waals surface area (Å²) in [5, 5.41) is 2.83. The van der Waals surface area contributed by atoms with Gasteiger partial charge in [0.15, 0.2) is 0 Å². The minimum absolute atomic E-state index is 0.0442. The van der Waals surface area contributed by atoms with Crippen molar-refractivity contribution in [2.45, 2.75) is 23.1 Å². The van der Waals surface area contributed by atoms with Crippen molar-refractivity contribution in [2.24, 2.45) is 0 Å². The Kier molecular flexibility index (Phi) is 4.25. The van der Waals surface area contributed by atoms with Crippen LogP contribution in [-0.4, -0.2) is 39.4 Å². The summed E-state index contributed by atoms with van der Waals surface area (Å²) < 4.78 is 1.06. The van der Waals surface area contributed by atoms with Crippen LogP contribution in [0.2, 0.25) is 3.67 Å². The van der Waals surface area contributed by atoms with Crippen molar-refractivity contribution in [3.63, 3.8) is 0 Å². The molecule has 1 N–H and O–H groups in total. The van der Waals surface area contributed by atoms with Gasteiger partial charge in [0.05, 0.1) is 0 Å². The van der Waals surface area contributed by atoms with Gasteiger partial charge in [-0.15, -0.1) is 0 Å². The second-order valence-electron chi connectivity index (χ2n) is 2.93. The number of nitrogens with one attached hydrogen (secondary N) is 1. The number of carbonyl (C=O) groups excluding carboxylic acids is 1. The van der Waals surface area contributed by atoms with Crippen molar-refractivity contribution >= 4 is 33.8 Å². The van der Waals surface area contributed by atoms with Crippen LogP contribution in [0, 0.1) is 0 Å². The molecular weight excluding hydrogens is 137 g/mol. The molecule has 0 fully saturated rings. The molecule has 52 valence electrons. The van der Waals surface area contributed by atoms with Gasteiger partial charge in [-0.2, -0.15) is 0 Å². The van der Waals surface area contributed by atoms with E-state index in [4.69, 9.17) is 0 Å². The molecule has 0 aromatic rings. The molecule has 0 aliphatic carbocycles. The van der Waals surface area contributed by atoms with Crippen LogP contribution >= 0.6 is 0 Å². The summed E-state index contributed by atoms with van der Waals surface area (Å²) >= 11 is 1.11. The summed E-state index contributed by atoms with van der Waals surface area (Å²) in [7, 11) is 0. The van der Waals surface area contributed by atoms with E-state index < -0.39 is 0 Å². The third-order valence-electron chi connectivity index (χ3n) is 1.53. The molecule has 3 heteroatoms. The third kappa shape index (κ3) is 4.09. The molecule has 0 saturated carbocycles. The fourth-order valence-corrected chi connectivity index (χ4v) is 0.650. The van der Waals surface area contributed by atoms with E-state index in [0.717, 1.165) is 31.6 Å². The summed E-state index contributed by atoms with van der Waals surface area (Å²) in [6, 6.07) is 0. The van der Waals surface area contributed by atoms with E-state index in [1.807, 2.05) is 13.8 Å². The average Bonchev–Trinajstić information content (AvgIpc) is 1.87. The van der Waals surface area contributed by atoms with Gasteiger partial charge in [0.25, 0.3) is 0 Å². The summed E-state index contributed by atoms with van der Waals surface area (Å²) in [5.41, 5.74) is -0.0442. The molecule has 0 radical (unpaired) electrons. The Morgan fingerprint density at radius 2 is 2.30 bits per heavy atom. The fraction of sp³-hybridized carbons (Fsp3) is 0.571. The summed E-state index contributed by atoms with van der Waals surface area (Å²) in [6.45, 7) is 7.41.